The van der Waals surface area contributed by atoms with Crippen LogP contribution in [0, 0.1) is 0 Å². The van der Waals surface area contributed by atoms with Gasteiger partial charge in [0.1, 0.15) is 4.90 Å². The molecule has 2 aromatic carbocycles. The Bertz CT molecular complexity index is 1330. The molecular formula is C22H18N2O6S3. The summed E-state index contributed by atoms with van der Waals surface area (Å²) in [5.74, 6) is 0. The van der Waals surface area contributed by atoms with E-state index in [2.05, 4.69) is 32.7 Å². The number of benzene rings is 2. The van der Waals surface area contributed by atoms with Crippen LogP contribution in [0.4, 0.5) is 11.4 Å². The molecule has 33 heavy (non-hydrogen) atoms. The van der Waals surface area contributed by atoms with Gasteiger partial charge in [0.2, 0.25) is 0 Å². The van der Waals surface area contributed by atoms with E-state index in [9.17, 15) is 13.0 Å². The molecular weight excluding hydrogens is 484 g/mol. The molecule has 0 saturated heterocycles. The molecule has 0 aliphatic rings. The third-order valence-corrected chi connectivity index (χ3v) is 6.83. The summed E-state index contributed by atoms with van der Waals surface area (Å²) in [4.78, 5) is 10.3. The van der Waals surface area contributed by atoms with Crippen LogP contribution in [0.3, 0.4) is 0 Å². The Morgan fingerprint density at radius 2 is 1.70 bits per heavy atom. The van der Waals surface area contributed by atoms with Gasteiger partial charge in [0, 0.05) is 20.9 Å². The maximum Gasteiger partial charge on any atom is 0.295 e. The first-order valence-electron chi connectivity index (χ1n) is 9.15. The molecule has 0 fully saturated rings. The fraction of sp³-hybridized carbons (Fsp3) is 0. The SMILES string of the molecule is C=Cc1ccc(/C=N/c2ccc(/C=C/c3ccc(N=C)cc3S(=O)(=O)O)c(SOOO)c2)s1. The summed E-state index contributed by atoms with van der Waals surface area (Å²) in [6.45, 7) is 7.09. The number of aliphatic imine (C=N–C) groups is 2. The Morgan fingerprint density at radius 1 is 1.00 bits per heavy atom. The molecule has 0 aliphatic heterocycles. The van der Waals surface area contributed by atoms with E-state index in [0.29, 0.717) is 21.8 Å². The zero-order valence-corrected chi connectivity index (χ0v) is 19.4. The highest BCUT2D eigenvalue weighted by atomic mass is 32.2. The van der Waals surface area contributed by atoms with Crippen LogP contribution >= 0.6 is 23.4 Å². The topological polar surface area (TPSA) is 118 Å². The third-order valence-electron chi connectivity index (χ3n) is 4.24. The second kappa shape index (κ2) is 11.3. The van der Waals surface area contributed by atoms with Gasteiger partial charge >= 0.3 is 0 Å². The molecule has 0 saturated carbocycles. The predicted octanol–water partition coefficient (Wildman–Crippen LogP) is 6.32. The maximum atomic E-state index is 11.8. The molecule has 2 N–H and O–H groups in total. The zero-order chi connectivity index (χ0) is 23.8. The Hall–Kier alpha value is -2.90. The summed E-state index contributed by atoms with van der Waals surface area (Å²) in [6, 6.07) is 13.4. The number of rotatable bonds is 10. The standard InChI is InChI=1S/C22H18N2O6S3/c1-3-19-10-11-20(31-19)14-24-18-9-6-15(21(12-18)32-30-29-25)4-5-16-7-8-17(23-2)13-22(16)33(26,27)28/h3-14,25H,1-2H2,(H,26,27,28)/b5-4+,24-14+. The maximum absolute atomic E-state index is 11.8. The van der Waals surface area contributed by atoms with Gasteiger partial charge in [-0.2, -0.15) is 8.42 Å². The highest BCUT2D eigenvalue weighted by molar-refractivity contribution is 7.94. The van der Waals surface area contributed by atoms with E-state index >= 15 is 0 Å². The molecule has 3 aromatic rings. The van der Waals surface area contributed by atoms with Gasteiger partial charge in [0.25, 0.3) is 10.1 Å². The fourth-order valence-corrected chi connectivity index (χ4v) is 4.65. The molecule has 0 atom stereocenters. The van der Waals surface area contributed by atoms with Crippen LogP contribution in [-0.2, 0) is 19.5 Å². The van der Waals surface area contributed by atoms with Crippen molar-refractivity contribution >= 4 is 76.0 Å². The first-order chi connectivity index (χ1) is 15.8. The molecule has 170 valence electrons. The Kier molecular flexibility index (Phi) is 8.47. The second-order valence-corrected chi connectivity index (χ2v) is 9.62. The number of nitrogens with zero attached hydrogens (tertiary/aromatic N) is 2. The van der Waals surface area contributed by atoms with Crippen molar-refractivity contribution in [3.05, 3.63) is 76.0 Å². The molecule has 0 radical (unpaired) electrons. The Balaban J connectivity index is 1.93. The van der Waals surface area contributed by atoms with Crippen molar-refractivity contribution in [2.45, 2.75) is 9.79 Å². The highest BCUT2D eigenvalue weighted by Gasteiger charge is 2.15. The van der Waals surface area contributed by atoms with Gasteiger partial charge < -0.3 is 0 Å². The van der Waals surface area contributed by atoms with Gasteiger partial charge in [-0.25, -0.2) is 5.26 Å². The van der Waals surface area contributed by atoms with Crippen LogP contribution in [0.2, 0.25) is 0 Å². The van der Waals surface area contributed by atoms with Crippen molar-refractivity contribution in [2.24, 2.45) is 9.98 Å². The van der Waals surface area contributed by atoms with Crippen LogP contribution in [0.5, 0.6) is 0 Å². The van der Waals surface area contributed by atoms with E-state index in [1.54, 1.807) is 54.0 Å². The van der Waals surface area contributed by atoms with Crippen LogP contribution in [-0.4, -0.2) is 31.2 Å². The molecule has 1 heterocycles. The summed E-state index contributed by atoms with van der Waals surface area (Å²) in [5, 5.41) is 12.2. The Morgan fingerprint density at radius 3 is 2.36 bits per heavy atom. The largest absolute Gasteiger partial charge is 0.295 e. The van der Waals surface area contributed by atoms with Gasteiger partial charge in [-0.3, -0.25) is 14.5 Å². The Labute approximate surface area is 199 Å². The molecule has 0 amide bonds. The summed E-state index contributed by atoms with van der Waals surface area (Å²) >= 11 is 2.29. The molecule has 0 bridgehead atoms. The molecule has 0 unspecified atom stereocenters. The molecule has 11 heteroatoms. The lowest BCUT2D eigenvalue weighted by molar-refractivity contribution is -0.432. The first kappa shape index (κ1) is 24.7. The van der Waals surface area contributed by atoms with Gasteiger partial charge in [-0.05, 0) is 54.2 Å². The minimum atomic E-state index is -4.48. The lowest BCUT2D eigenvalue weighted by Gasteiger charge is -2.07. The van der Waals surface area contributed by atoms with Crippen molar-refractivity contribution in [3.63, 3.8) is 0 Å². The van der Waals surface area contributed by atoms with Crippen molar-refractivity contribution in [1.29, 1.82) is 0 Å². The van der Waals surface area contributed by atoms with E-state index in [1.165, 1.54) is 18.2 Å². The third kappa shape index (κ3) is 6.79. The minimum absolute atomic E-state index is 0.248. The van der Waals surface area contributed by atoms with Crippen LogP contribution in [0.1, 0.15) is 20.9 Å². The molecule has 0 aliphatic carbocycles. The summed E-state index contributed by atoms with van der Waals surface area (Å²) in [7, 11) is -4.48. The van der Waals surface area contributed by atoms with E-state index in [4.69, 9.17) is 5.26 Å². The van der Waals surface area contributed by atoms with E-state index < -0.39 is 10.1 Å². The van der Waals surface area contributed by atoms with Crippen molar-refractivity contribution in [3.8, 4) is 0 Å². The zero-order valence-electron chi connectivity index (χ0n) is 17.0. The van der Waals surface area contributed by atoms with Crippen LogP contribution < -0.4 is 0 Å². The normalized spacial score (nSPS) is 11.9. The quantitative estimate of drug-likeness (QED) is 0.0832. The summed E-state index contributed by atoms with van der Waals surface area (Å²) in [5.41, 5.74) is 1.79. The lowest BCUT2D eigenvalue weighted by Crippen LogP contribution is -2.00. The summed E-state index contributed by atoms with van der Waals surface area (Å²) < 4.78 is 37.7. The van der Waals surface area contributed by atoms with Crippen LogP contribution in [0.15, 0.2) is 74.9 Å². The average Bonchev–Trinajstić information content (AvgIpc) is 3.28. The van der Waals surface area contributed by atoms with Gasteiger partial charge in [-0.15, -0.1) is 15.7 Å². The monoisotopic (exact) mass is 502 g/mol. The van der Waals surface area contributed by atoms with Gasteiger partial charge in [0.15, 0.2) is 0 Å². The minimum Gasteiger partial charge on any atom is -0.282 e. The van der Waals surface area contributed by atoms with E-state index in [-0.39, 0.29) is 10.5 Å². The van der Waals surface area contributed by atoms with Crippen molar-refractivity contribution in [2.75, 3.05) is 0 Å². The smallest absolute Gasteiger partial charge is 0.282 e. The van der Waals surface area contributed by atoms with Crippen LogP contribution in [0.25, 0.3) is 18.2 Å². The van der Waals surface area contributed by atoms with E-state index in [1.807, 2.05) is 12.1 Å². The highest BCUT2D eigenvalue weighted by Crippen LogP contribution is 2.31. The lowest BCUT2D eigenvalue weighted by atomic mass is 10.1. The predicted molar refractivity (Wildman–Crippen MR) is 133 cm³/mol. The van der Waals surface area contributed by atoms with Crippen molar-refractivity contribution in [1.82, 2.24) is 0 Å². The first-order valence-corrected chi connectivity index (χ1v) is 12.2. The molecule has 1 aromatic heterocycles. The fourth-order valence-electron chi connectivity index (χ4n) is 2.71. The van der Waals surface area contributed by atoms with E-state index in [0.717, 1.165) is 21.8 Å². The van der Waals surface area contributed by atoms with Crippen molar-refractivity contribution < 1.29 is 27.6 Å². The molecule has 0 spiro atoms. The molecule has 3 rings (SSSR count). The summed E-state index contributed by atoms with van der Waals surface area (Å²) in [6.07, 6.45) is 6.62. The van der Waals surface area contributed by atoms with Gasteiger partial charge in [0.05, 0.1) is 23.4 Å². The number of hydrogen-bond donors (Lipinski definition) is 2. The number of hydrogen-bond acceptors (Lipinski definition) is 9. The number of thiophene rings is 1. The van der Waals surface area contributed by atoms with Gasteiger partial charge in [-0.1, -0.05) is 42.0 Å². The average molecular weight is 503 g/mol. The second-order valence-electron chi connectivity index (χ2n) is 6.34. The molecule has 8 nitrogen and oxygen atoms in total.